The first-order valence-electron chi connectivity index (χ1n) is 8.05. The molecule has 142 valence electrons. The summed E-state index contributed by atoms with van der Waals surface area (Å²) in [5.41, 5.74) is 1.40. The average molecular weight is 391 g/mol. The summed E-state index contributed by atoms with van der Waals surface area (Å²) in [6.07, 6.45) is 1.84. The molecular formula is C17H17N3O6S. The molecular weight excluding hydrogens is 374 g/mol. The number of aromatic amines is 1. The predicted molar refractivity (Wildman–Crippen MR) is 94.8 cm³/mol. The fourth-order valence-electron chi connectivity index (χ4n) is 2.14. The van der Waals surface area contributed by atoms with E-state index in [9.17, 15) is 13.2 Å². The van der Waals surface area contributed by atoms with Crippen LogP contribution in [0.15, 0.2) is 56.8 Å². The number of H-pyrrole nitrogens is 1. The highest BCUT2D eigenvalue weighted by Gasteiger charge is 2.14. The number of aromatic nitrogens is 3. The van der Waals surface area contributed by atoms with E-state index in [1.165, 1.54) is 18.3 Å². The normalized spacial score (nSPS) is 11.4. The van der Waals surface area contributed by atoms with Crippen LogP contribution in [0.3, 0.4) is 0 Å². The van der Waals surface area contributed by atoms with Crippen LogP contribution in [0.2, 0.25) is 0 Å². The molecule has 0 atom stereocenters. The predicted octanol–water partition coefficient (Wildman–Crippen LogP) is 1.91. The smallest absolute Gasteiger partial charge is 0.439 e. The van der Waals surface area contributed by atoms with E-state index in [2.05, 4.69) is 19.6 Å². The van der Waals surface area contributed by atoms with Crippen molar-refractivity contribution in [3.05, 3.63) is 58.7 Å². The van der Waals surface area contributed by atoms with Gasteiger partial charge in [-0.25, -0.2) is 9.78 Å². The fourth-order valence-corrected chi connectivity index (χ4v) is 3.08. The van der Waals surface area contributed by atoms with Crippen LogP contribution in [-0.2, 0) is 14.3 Å². The third-order valence-corrected chi connectivity index (χ3v) is 4.85. The minimum Gasteiger partial charge on any atom is -0.492 e. The standard InChI is InChI=1S/C17H17N3O6S/c1-12-3-6-14(7-4-12)27(22,23)25-10-2-9-24-13-5-8-15(18-11-13)16-19-17(21)26-20-16/h3-8,11H,2,9-10H2,1H3,(H,19,20,21). The number of hydrogen-bond donors (Lipinski definition) is 1. The molecule has 9 nitrogen and oxygen atoms in total. The average Bonchev–Trinajstić information content (AvgIpc) is 3.09. The highest BCUT2D eigenvalue weighted by Crippen LogP contribution is 2.16. The number of nitrogens with zero attached hydrogens (tertiary/aromatic N) is 2. The number of rotatable bonds is 8. The fraction of sp³-hybridized carbons (Fsp3) is 0.235. The molecule has 0 aliphatic carbocycles. The van der Waals surface area contributed by atoms with Gasteiger partial charge in [-0.3, -0.25) is 13.7 Å². The monoisotopic (exact) mass is 391 g/mol. The lowest BCUT2D eigenvalue weighted by molar-refractivity contribution is 0.250. The van der Waals surface area contributed by atoms with Gasteiger partial charge in [-0.05, 0) is 31.2 Å². The zero-order valence-electron chi connectivity index (χ0n) is 14.4. The Bertz CT molecular complexity index is 1040. The molecule has 1 N–H and O–H groups in total. The second-order valence-electron chi connectivity index (χ2n) is 5.61. The van der Waals surface area contributed by atoms with Crippen molar-refractivity contribution in [1.29, 1.82) is 0 Å². The lowest BCUT2D eigenvalue weighted by atomic mass is 10.2. The third kappa shape index (κ3) is 5.02. The number of nitrogens with one attached hydrogen (secondary N) is 1. The van der Waals surface area contributed by atoms with Crippen LogP contribution in [0.5, 0.6) is 5.75 Å². The van der Waals surface area contributed by atoms with Crippen molar-refractivity contribution in [2.24, 2.45) is 0 Å². The molecule has 3 aromatic rings. The number of ether oxygens (including phenoxy) is 1. The van der Waals surface area contributed by atoms with Crippen molar-refractivity contribution in [2.75, 3.05) is 13.2 Å². The van der Waals surface area contributed by atoms with E-state index < -0.39 is 15.9 Å². The first kappa shape index (κ1) is 18.8. The molecule has 1 aromatic carbocycles. The molecule has 0 radical (unpaired) electrons. The summed E-state index contributed by atoms with van der Waals surface area (Å²) in [6, 6.07) is 9.71. The Morgan fingerprint density at radius 2 is 1.89 bits per heavy atom. The summed E-state index contributed by atoms with van der Waals surface area (Å²) in [4.78, 5) is 17.5. The van der Waals surface area contributed by atoms with Gasteiger partial charge in [0.1, 0.15) is 11.4 Å². The van der Waals surface area contributed by atoms with Gasteiger partial charge < -0.3 is 4.74 Å². The highest BCUT2D eigenvalue weighted by atomic mass is 32.2. The Hall–Kier alpha value is -2.98. The summed E-state index contributed by atoms with van der Waals surface area (Å²) in [6.45, 7) is 2.13. The maximum absolute atomic E-state index is 12.0. The first-order chi connectivity index (χ1) is 12.9. The van der Waals surface area contributed by atoms with E-state index in [4.69, 9.17) is 8.92 Å². The molecule has 10 heteroatoms. The minimum absolute atomic E-state index is 0.00188. The molecule has 0 amide bonds. The molecule has 27 heavy (non-hydrogen) atoms. The van der Waals surface area contributed by atoms with Gasteiger partial charge in [-0.2, -0.15) is 8.42 Å². The van der Waals surface area contributed by atoms with Gasteiger partial charge in [0.25, 0.3) is 10.1 Å². The first-order valence-corrected chi connectivity index (χ1v) is 9.46. The summed E-state index contributed by atoms with van der Waals surface area (Å²) in [7, 11) is -3.77. The molecule has 2 aromatic heterocycles. The van der Waals surface area contributed by atoms with Crippen LogP contribution >= 0.6 is 0 Å². The number of aryl methyl sites for hydroxylation is 1. The number of benzene rings is 1. The highest BCUT2D eigenvalue weighted by molar-refractivity contribution is 7.86. The van der Waals surface area contributed by atoms with Gasteiger partial charge >= 0.3 is 5.76 Å². The zero-order chi connectivity index (χ0) is 19.3. The van der Waals surface area contributed by atoms with E-state index in [-0.39, 0.29) is 23.9 Å². The van der Waals surface area contributed by atoms with Crippen molar-refractivity contribution in [3.63, 3.8) is 0 Å². The molecule has 0 fully saturated rings. The molecule has 2 heterocycles. The molecule has 0 aliphatic heterocycles. The SMILES string of the molecule is Cc1ccc(S(=O)(=O)OCCCOc2ccc(-c3noc(=O)[nH]3)nc2)cc1. The van der Waals surface area contributed by atoms with Crippen LogP contribution in [0, 0.1) is 6.92 Å². The number of pyridine rings is 1. The minimum atomic E-state index is -3.77. The van der Waals surface area contributed by atoms with Crippen LogP contribution in [0.25, 0.3) is 11.5 Å². The van der Waals surface area contributed by atoms with Gasteiger partial charge in [0.15, 0.2) is 0 Å². The van der Waals surface area contributed by atoms with Crippen molar-refractivity contribution < 1.29 is 21.9 Å². The second-order valence-corrected chi connectivity index (χ2v) is 7.23. The zero-order valence-corrected chi connectivity index (χ0v) is 15.2. The topological polar surface area (TPSA) is 124 Å². The molecule has 0 unspecified atom stereocenters. The maximum atomic E-state index is 12.0. The number of hydrogen-bond acceptors (Lipinski definition) is 8. The van der Waals surface area contributed by atoms with Gasteiger partial charge in [-0.1, -0.05) is 22.9 Å². The van der Waals surface area contributed by atoms with Crippen LogP contribution in [0.1, 0.15) is 12.0 Å². The van der Waals surface area contributed by atoms with E-state index in [0.29, 0.717) is 17.9 Å². The van der Waals surface area contributed by atoms with Gasteiger partial charge in [0.2, 0.25) is 5.82 Å². The Kier molecular flexibility index (Phi) is 5.67. The van der Waals surface area contributed by atoms with Crippen molar-refractivity contribution >= 4 is 10.1 Å². The molecule has 0 saturated carbocycles. The largest absolute Gasteiger partial charge is 0.492 e. The lowest BCUT2D eigenvalue weighted by Crippen LogP contribution is -2.10. The van der Waals surface area contributed by atoms with Crippen LogP contribution < -0.4 is 10.5 Å². The summed E-state index contributed by atoms with van der Waals surface area (Å²) in [5.74, 6) is 0.0555. The van der Waals surface area contributed by atoms with Crippen LogP contribution in [-0.4, -0.2) is 36.8 Å². The Morgan fingerprint density at radius 1 is 1.11 bits per heavy atom. The van der Waals surface area contributed by atoms with Crippen molar-refractivity contribution in [3.8, 4) is 17.3 Å². The summed E-state index contributed by atoms with van der Waals surface area (Å²) < 4.78 is 39.0. The summed E-state index contributed by atoms with van der Waals surface area (Å²) in [5, 5.41) is 3.54. The third-order valence-electron chi connectivity index (χ3n) is 3.52. The van der Waals surface area contributed by atoms with E-state index in [0.717, 1.165) is 5.56 Å². The van der Waals surface area contributed by atoms with E-state index in [1.807, 2.05) is 6.92 Å². The Labute approximate surface area is 155 Å². The van der Waals surface area contributed by atoms with Gasteiger partial charge in [0.05, 0.1) is 24.3 Å². The van der Waals surface area contributed by atoms with E-state index >= 15 is 0 Å². The van der Waals surface area contributed by atoms with E-state index in [1.54, 1.807) is 24.3 Å². The van der Waals surface area contributed by atoms with Gasteiger partial charge in [0, 0.05) is 6.42 Å². The molecule has 0 aliphatic rings. The second kappa shape index (κ2) is 8.14. The quantitative estimate of drug-likeness (QED) is 0.456. The summed E-state index contributed by atoms with van der Waals surface area (Å²) >= 11 is 0. The van der Waals surface area contributed by atoms with Gasteiger partial charge in [-0.15, -0.1) is 0 Å². The molecule has 0 spiro atoms. The lowest BCUT2D eigenvalue weighted by Gasteiger charge is -2.08. The maximum Gasteiger partial charge on any atom is 0.439 e. The molecule has 0 bridgehead atoms. The molecule has 0 saturated heterocycles. The van der Waals surface area contributed by atoms with Crippen molar-refractivity contribution in [1.82, 2.24) is 15.1 Å². The Morgan fingerprint density at radius 3 is 2.52 bits per heavy atom. The Balaban J connectivity index is 1.45. The molecule has 3 rings (SSSR count). The van der Waals surface area contributed by atoms with Crippen molar-refractivity contribution in [2.45, 2.75) is 18.2 Å². The van der Waals surface area contributed by atoms with Crippen LogP contribution in [0.4, 0.5) is 0 Å².